The summed E-state index contributed by atoms with van der Waals surface area (Å²) in [7, 11) is 0. The van der Waals surface area contributed by atoms with E-state index in [0.29, 0.717) is 5.69 Å². The summed E-state index contributed by atoms with van der Waals surface area (Å²) in [6, 6.07) is 3.39. The molecule has 0 heterocycles. The summed E-state index contributed by atoms with van der Waals surface area (Å²) in [6.45, 7) is 8.87. The summed E-state index contributed by atoms with van der Waals surface area (Å²) in [5, 5.41) is 9.33. The maximum absolute atomic E-state index is 9.33. The molecule has 62 valence electrons. The zero-order valence-electron chi connectivity index (χ0n) is 7.04. The van der Waals surface area contributed by atoms with Crippen molar-refractivity contribution >= 4 is 18.5 Å². The van der Waals surface area contributed by atoms with Gasteiger partial charge in [0.1, 0.15) is 5.75 Å². The van der Waals surface area contributed by atoms with Gasteiger partial charge in [-0.3, -0.25) is 4.99 Å². The van der Waals surface area contributed by atoms with Crippen LogP contribution in [-0.4, -0.2) is 11.8 Å². The molecule has 1 aromatic carbocycles. The second-order valence-corrected chi connectivity index (χ2v) is 2.51. The van der Waals surface area contributed by atoms with E-state index in [2.05, 4.69) is 18.3 Å². The highest BCUT2D eigenvalue weighted by Gasteiger charge is 2.04. The fourth-order valence-corrected chi connectivity index (χ4v) is 1.09. The van der Waals surface area contributed by atoms with E-state index in [-0.39, 0.29) is 5.75 Å². The van der Waals surface area contributed by atoms with E-state index in [1.165, 1.54) is 0 Å². The Labute approximate surface area is 71.9 Å². The van der Waals surface area contributed by atoms with Crippen LogP contribution in [0.1, 0.15) is 11.1 Å². The normalized spacial score (nSPS) is 9.42. The first-order valence-electron chi connectivity index (χ1n) is 3.62. The van der Waals surface area contributed by atoms with Gasteiger partial charge in [-0.25, -0.2) is 0 Å². The molecule has 1 aromatic rings. The van der Waals surface area contributed by atoms with E-state index >= 15 is 0 Å². The van der Waals surface area contributed by atoms with Crippen LogP contribution >= 0.6 is 0 Å². The number of rotatable bonds is 2. The van der Waals surface area contributed by atoms with Crippen molar-refractivity contribution in [3.8, 4) is 5.75 Å². The second kappa shape index (κ2) is 3.22. The van der Waals surface area contributed by atoms with Gasteiger partial charge in [0.05, 0.1) is 5.69 Å². The first kappa shape index (κ1) is 8.53. The van der Waals surface area contributed by atoms with Crippen molar-refractivity contribution in [3.05, 3.63) is 29.8 Å². The summed E-state index contributed by atoms with van der Waals surface area (Å²) in [6.07, 6.45) is 1.69. The van der Waals surface area contributed by atoms with Crippen LogP contribution in [0.4, 0.5) is 5.69 Å². The SMILES string of the molecule is C=Cc1ccc(O)c(C)c1N=C. The Morgan fingerprint density at radius 3 is 2.67 bits per heavy atom. The van der Waals surface area contributed by atoms with Crippen LogP contribution in [0.25, 0.3) is 6.08 Å². The molecule has 2 heteroatoms. The van der Waals surface area contributed by atoms with Crippen LogP contribution in [0.15, 0.2) is 23.7 Å². The first-order chi connectivity index (χ1) is 5.70. The van der Waals surface area contributed by atoms with E-state index in [0.717, 1.165) is 11.1 Å². The molecule has 0 unspecified atom stereocenters. The fourth-order valence-electron chi connectivity index (χ4n) is 1.09. The quantitative estimate of drug-likeness (QED) is 0.664. The van der Waals surface area contributed by atoms with Crippen molar-refractivity contribution < 1.29 is 5.11 Å². The van der Waals surface area contributed by atoms with Gasteiger partial charge in [-0.1, -0.05) is 12.7 Å². The molecule has 12 heavy (non-hydrogen) atoms. The second-order valence-electron chi connectivity index (χ2n) is 2.51. The van der Waals surface area contributed by atoms with E-state index < -0.39 is 0 Å². The fraction of sp³-hybridized carbons (Fsp3) is 0.100. The number of aliphatic imine (C=N–C) groups is 1. The van der Waals surface area contributed by atoms with E-state index in [1.54, 1.807) is 25.1 Å². The lowest BCUT2D eigenvalue weighted by atomic mass is 10.1. The molecule has 0 radical (unpaired) electrons. The average molecular weight is 161 g/mol. The molecule has 0 fully saturated rings. The van der Waals surface area contributed by atoms with Gasteiger partial charge in [-0.2, -0.15) is 0 Å². The molecular formula is C10H11NO. The lowest BCUT2D eigenvalue weighted by Crippen LogP contribution is -1.80. The number of hydrogen-bond donors (Lipinski definition) is 1. The van der Waals surface area contributed by atoms with Crippen LogP contribution in [0.2, 0.25) is 0 Å². The molecule has 0 aromatic heterocycles. The minimum Gasteiger partial charge on any atom is -0.508 e. The molecular weight excluding hydrogens is 150 g/mol. The Morgan fingerprint density at radius 2 is 2.17 bits per heavy atom. The Morgan fingerprint density at radius 1 is 1.50 bits per heavy atom. The van der Waals surface area contributed by atoms with Gasteiger partial charge in [-0.15, -0.1) is 0 Å². The van der Waals surface area contributed by atoms with Crippen molar-refractivity contribution in [2.24, 2.45) is 4.99 Å². The van der Waals surface area contributed by atoms with Crippen molar-refractivity contribution in [1.29, 1.82) is 0 Å². The molecule has 0 aliphatic rings. The maximum atomic E-state index is 9.33. The monoisotopic (exact) mass is 161 g/mol. The minimum absolute atomic E-state index is 0.239. The van der Waals surface area contributed by atoms with Gasteiger partial charge in [0.2, 0.25) is 0 Å². The molecule has 1 N–H and O–H groups in total. The van der Waals surface area contributed by atoms with Gasteiger partial charge in [0.25, 0.3) is 0 Å². The molecule has 1 rings (SSSR count). The summed E-state index contributed by atoms with van der Waals surface area (Å²) < 4.78 is 0. The number of benzene rings is 1. The highest BCUT2D eigenvalue weighted by molar-refractivity contribution is 5.70. The number of phenols is 1. The van der Waals surface area contributed by atoms with Crippen molar-refractivity contribution in [2.45, 2.75) is 6.92 Å². The van der Waals surface area contributed by atoms with Gasteiger partial charge in [0.15, 0.2) is 0 Å². The highest BCUT2D eigenvalue weighted by Crippen LogP contribution is 2.30. The predicted molar refractivity (Wildman–Crippen MR) is 52.1 cm³/mol. The lowest BCUT2D eigenvalue weighted by molar-refractivity contribution is 0.471. The van der Waals surface area contributed by atoms with E-state index in [4.69, 9.17) is 0 Å². The zero-order valence-corrected chi connectivity index (χ0v) is 7.04. The molecule has 0 aliphatic heterocycles. The molecule has 0 amide bonds. The molecule has 0 saturated carbocycles. The van der Waals surface area contributed by atoms with Crippen LogP contribution in [0.3, 0.4) is 0 Å². The van der Waals surface area contributed by atoms with Gasteiger partial charge in [0, 0.05) is 11.1 Å². The third-order valence-electron chi connectivity index (χ3n) is 1.81. The van der Waals surface area contributed by atoms with Crippen molar-refractivity contribution in [3.63, 3.8) is 0 Å². The number of nitrogens with zero attached hydrogens (tertiary/aromatic N) is 1. The zero-order chi connectivity index (χ0) is 9.14. The van der Waals surface area contributed by atoms with Gasteiger partial charge < -0.3 is 5.11 Å². The summed E-state index contributed by atoms with van der Waals surface area (Å²) in [5.74, 6) is 0.239. The van der Waals surface area contributed by atoms with Crippen molar-refractivity contribution in [2.75, 3.05) is 0 Å². The highest BCUT2D eigenvalue weighted by atomic mass is 16.3. The third kappa shape index (κ3) is 1.23. The van der Waals surface area contributed by atoms with Gasteiger partial charge in [-0.05, 0) is 25.8 Å². The maximum Gasteiger partial charge on any atom is 0.120 e. The minimum atomic E-state index is 0.239. The summed E-state index contributed by atoms with van der Waals surface area (Å²) in [5.41, 5.74) is 2.33. The van der Waals surface area contributed by atoms with Crippen LogP contribution in [0, 0.1) is 6.92 Å². The summed E-state index contributed by atoms with van der Waals surface area (Å²) >= 11 is 0. The third-order valence-corrected chi connectivity index (χ3v) is 1.81. The molecule has 2 nitrogen and oxygen atoms in total. The lowest BCUT2D eigenvalue weighted by Gasteiger charge is -2.05. The largest absolute Gasteiger partial charge is 0.508 e. The molecule has 0 spiro atoms. The Hall–Kier alpha value is -1.57. The Kier molecular flexibility index (Phi) is 2.29. The van der Waals surface area contributed by atoms with E-state index in [1.807, 2.05) is 0 Å². The van der Waals surface area contributed by atoms with Crippen LogP contribution in [-0.2, 0) is 0 Å². The number of hydrogen-bond acceptors (Lipinski definition) is 2. The van der Waals surface area contributed by atoms with Crippen LogP contribution in [0.5, 0.6) is 5.75 Å². The molecule has 0 atom stereocenters. The van der Waals surface area contributed by atoms with Crippen LogP contribution < -0.4 is 0 Å². The molecule has 0 bridgehead atoms. The molecule has 0 saturated heterocycles. The predicted octanol–water partition coefficient (Wildman–Crippen LogP) is 2.68. The van der Waals surface area contributed by atoms with E-state index in [9.17, 15) is 5.11 Å². The Bertz CT molecular complexity index is 329. The van der Waals surface area contributed by atoms with Crippen molar-refractivity contribution in [1.82, 2.24) is 0 Å². The smallest absolute Gasteiger partial charge is 0.120 e. The summed E-state index contributed by atoms with van der Waals surface area (Å²) in [4.78, 5) is 3.82. The standard InChI is InChI=1S/C10H11NO/c1-4-8-5-6-9(12)7(2)10(8)11-3/h4-6,12H,1,3H2,2H3. The molecule has 0 aliphatic carbocycles. The average Bonchev–Trinajstić information content (AvgIpc) is 2.09. The topological polar surface area (TPSA) is 32.6 Å². The number of aromatic hydroxyl groups is 1. The number of phenolic OH excluding ortho intramolecular Hbond substituents is 1. The van der Waals surface area contributed by atoms with Gasteiger partial charge >= 0.3 is 0 Å². The first-order valence-corrected chi connectivity index (χ1v) is 3.62. The Balaban J connectivity index is 3.45.